The number of benzene rings is 1. The second-order valence-electron chi connectivity index (χ2n) is 5.49. The Hall–Kier alpha value is -1.65. The highest BCUT2D eigenvalue weighted by atomic mass is 16.3. The van der Waals surface area contributed by atoms with E-state index < -0.39 is 5.60 Å². The van der Waals surface area contributed by atoms with Gasteiger partial charge in [0.2, 0.25) is 5.89 Å². The molecule has 0 aliphatic rings. The molecule has 0 unspecified atom stereocenters. The first-order valence-electron chi connectivity index (χ1n) is 6.35. The smallest absolute Gasteiger partial charge is 0.226 e. The highest BCUT2D eigenvalue weighted by molar-refractivity contribution is 5.52. The van der Waals surface area contributed by atoms with E-state index in [9.17, 15) is 5.11 Å². The highest BCUT2D eigenvalue weighted by Crippen LogP contribution is 2.18. The Morgan fingerprint density at radius 3 is 2.58 bits per heavy atom. The number of oxazole rings is 1. The van der Waals surface area contributed by atoms with E-state index in [0.29, 0.717) is 19.0 Å². The molecular weight excluding hydrogens is 240 g/mol. The maximum atomic E-state index is 9.76. The Morgan fingerprint density at radius 1 is 1.26 bits per heavy atom. The van der Waals surface area contributed by atoms with E-state index in [1.54, 1.807) is 20.1 Å². The summed E-state index contributed by atoms with van der Waals surface area (Å²) in [5.74, 6) is 0.632. The molecule has 4 heteroatoms. The number of hydrogen-bond acceptors (Lipinski definition) is 4. The summed E-state index contributed by atoms with van der Waals surface area (Å²) in [6.45, 7) is 4.82. The zero-order valence-electron chi connectivity index (χ0n) is 11.6. The van der Waals surface area contributed by atoms with Gasteiger partial charge in [0.15, 0.2) is 0 Å². The van der Waals surface area contributed by atoms with Gasteiger partial charge in [0.25, 0.3) is 0 Å². The Kier molecular flexibility index (Phi) is 4.02. The standard InChI is InChI=1S/C15H20N2O2/c1-15(2,18)11-17(3)9-13-10-19-14(16-13)12-7-5-4-6-8-12/h4-8,10,18H,9,11H2,1-3H3. The molecule has 102 valence electrons. The highest BCUT2D eigenvalue weighted by Gasteiger charge is 2.16. The molecule has 0 radical (unpaired) electrons. The summed E-state index contributed by atoms with van der Waals surface area (Å²) in [6, 6.07) is 9.82. The molecule has 2 rings (SSSR count). The monoisotopic (exact) mass is 260 g/mol. The summed E-state index contributed by atoms with van der Waals surface area (Å²) in [6.07, 6.45) is 1.67. The number of aliphatic hydroxyl groups is 1. The van der Waals surface area contributed by atoms with E-state index in [1.165, 1.54) is 0 Å². The maximum Gasteiger partial charge on any atom is 0.226 e. The van der Waals surface area contributed by atoms with Crippen molar-refractivity contribution in [3.8, 4) is 11.5 Å². The fourth-order valence-corrected chi connectivity index (χ4v) is 2.09. The molecule has 0 saturated carbocycles. The molecular formula is C15H20N2O2. The van der Waals surface area contributed by atoms with Gasteiger partial charge in [0, 0.05) is 18.7 Å². The van der Waals surface area contributed by atoms with Crippen LogP contribution in [0.15, 0.2) is 41.0 Å². The van der Waals surface area contributed by atoms with Crippen molar-refractivity contribution in [3.05, 3.63) is 42.3 Å². The van der Waals surface area contributed by atoms with E-state index in [2.05, 4.69) is 4.98 Å². The van der Waals surface area contributed by atoms with Gasteiger partial charge in [-0.05, 0) is 33.0 Å². The van der Waals surface area contributed by atoms with Gasteiger partial charge < -0.3 is 9.52 Å². The van der Waals surface area contributed by atoms with Gasteiger partial charge in [0.1, 0.15) is 6.26 Å². The van der Waals surface area contributed by atoms with Gasteiger partial charge in [-0.3, -0.25) is 4.90 Å². The summed E-state index contributed by atoms with van der Waals surface area (Å²) in [5.41, 5.74) is 1.13. The molecule has 1 aromatic carbocycles. The van der Waals surface area contributed by atoms with Crippen LogP contribution in [0.25, 0.3) is 11.5 Å². The molecule has 0 atom stereocenters. The van der Waals surface area contributed by atoms with Crippen LogP contribution in [0.3, 0.4) is 0 Å². The largest absolute Gasteiger partial charge is 0.444 e. The van der Waals surface area contributed by atoms with Crippen molar-refractivity contribution in [2.45, 2.75) is 26.0 Å². The van der Waals surface area contributed by atoms with Crippen LogP contribution < -0.4 is 0 Å². The molecule has 4 nitrogen and oxygen atoms in total. The average molecular weight is 260 g/mol. The van der Waals surface area contributed by atoms with Crippen molar-refractivity contribution in [3.63, 3.8) is 0 Å². The van der Waals surface area contributed by atoms with Crippen LogP contribution in [0.1, 0.15) is 19.5 Å². The third-order valence-electron chi connectivity index (χ3n) is 2.66. The summed E-state index contributed by atoms with van der Waals surface area (Å²) in [5, 5.41) is 9.76. The molecule has 0 aliphatic heterocycles. The van der Waals surface area contributed by atoms with E-state index in [0.717, 1.165) is 11.3 Å². The summed E-state index contributed by atoms with van der Waals surface area (Å²) < 4.78 is 5.48. The second kappa shape index (κ2) is 5.55. The molecule has 0 spiro atoms. The van der Waals surface area contributed by atoms with Crippen molar-refractivity contribution in [2.75, 3.05) is 13.6 Å². The first kappa shape index (κ1) is 13.8. The average Bonchev–Trinajstić information content (AvgIpc) is 2.76. The van der Waals surface area contributed by atoms with Gasteiger partial charge in [-0.25, -0.2) is 4.98 Å². The van der Waals surface area contributed by atoms with Gasteiger partial charge in [-0.15, -0.1) is 0 Å². The number of likely N-dealkylation sites (N-methyl/N-ethyl adjacent to an activating group) is 1. The Labute approximate surface area is 113 Å². The number of hydrogen-bond donors (Lipinski definition) is 1. The minimum absolute atomic E-state index is 0.584. The Morgan fingerprint density at radius 2 is 1.95 bits per heavy atom. The van der Waals surface area contributed by atoms with E-state index in [1.807, 2.05) is 42.3 Å². The predicted octanol–water partition coefficient (Wildman–Crippen LogP) is 2.54. The minimum atomic E-state index is -0.708. The summed E-state index contributed by atoms with van der Waals surface area (Å²) in [7, 11) is 1.95. The lowest BCUT2D eigenvalue weighted by Crippen LogP contribution is -2.35. The van der Waals surface area contributed by atoms with Crippen molar-refractivity contribution in [2.24, 2.45) is 0 Å². The molecule has 1 N–H and O–H groups in total. The van der Waals surface area contributed by atoms with Crippen LogP contribution in [0.5, 0.6) is 0 Å². The molecule has 1 heterocycles. The predicted molar refractivity (Wildman–Crippen MR) is 74.6 cm³/mol. The molecule has 19 heavy (non-hydrogen) atoms. The lowest BCUT2D eigenvalue weighted by molar-refractivity contribution is 0.0421. The lowest BCUT2D eigenvalue weighted by atomic mass is 10.1. The number of rotatable bonds is 5. The minimum Gasteiger partial charge on any atom is -0.444 e. The molecule has 0 fully saturated rings. The van der Waals surface area contributed by atoms with E-state index in [4.69, 9.17) is 4.42 Å². The molecule has 0 saturated heterocycles. The van der Waals surface area contributed by atoms with E-state index in [-0.39, 0.29) is 0 Å². The Balaban J connectivity index is 2.02. The van der Waals surface area contributed by atoms with Crippen molar-refractivity contribution in [1.29, 1.82) is 0 Å². The maximum absolute atomic E-state index is 9.76. The first-order chi connectivity index (χ1) is 8.94. The third kappa shape index (κ3) is 4.19. The van der Waals surface area contributed by atoms with Crippen molar-refractivity contribution < 1.29 is 9.52 Å². The van der Waals surface area contributed by atoms with E-state index >= 15 is 0 Å². The van der Waals surface area contributed by atoms with Crippen LogP contribution >= 0.6 is 0 Å². The fourth-order valence-electron chi connectivity index (χ4n) is 2.09. The van der Waals surface area contributed by atoms with Gasteiger partial charge in [-0.1, -0.05) is 18.2 Å². The molecule has 1 aromatic heterocycles. The fraction of sp³-hybridized carbons (Fsp3) is 0.400. The van der Waals surface area contributed by atoms with Gasteiger partial charge in [-0.2, -0.15) is 0 Å². The topological polar surface area (TPSA) is 49.5 Å². The summed E-state index contributed by atoms with van der Waals surface area (Å²) >= 11 is 0. The Bertz CT molecular complexity index is 514. The third-order valence-corrected chi connectivity index (χ3v) is 2.66. The molecule has 0 bridgehead atoms. The lowest BCUT2D eigenvalue weighted by Gasteiger charge is -2.24. The quantitative estimate of drug-likeness (QED) is 0.897. The van der Waals surface area contributed by atoms with Crippen molar-refractivity contribution >= 4 is 0 Å². The number of nitrogens with zero attached hydrogens (tertiary/aromatic N) is 2. The van der Waals surface area contributed by atoms with Gasteiger partial charge >= 0.3 is 0 Å². The first-order valence-corrected chi connectivity index (χ1v) is 6.35. The van der Waals surface area contributed by atoms with Gasteiger partial charge in [0.05, 0.1) is 11.3 Å². The number of aromatic nitrogens is 1. The van der Waals surface area contributed by atoms with Crippen LogP contribution in [-0.4, -0.2) is 34.2 Å². The van der Waals surface area contributed by atoms with Crippen molar-refractivity contribution in [1.82, 2.24) is 9.88 Å². The van der Waals surface area contributed by atoms with Crippen LogP contribution in [0.4, 0.5) is 0 Å². The molecule has 0 amide bonds. The van der Waals surface area contributed by atoms with Crippen LogP contribution in [-0.2, 0) is 6.54 Å². The summed E-state index contributed by atoms with van der Waals surface area (Å²) in [4.78, 5) is 6.48. The van der Waals surface area contributed by atoms with Crippen LogP contribution in [0, 0.1) is 0 Å². The van der Waals surface area contributed by atoms with Crippen LogP contribution in [0.2, 0.25) is 0 Å². The zero-order chi connectivity index (χ0) is 13.9. The molecule has 2 aromatic rings. The SMILES string of the molecule is CN(Cc1coc(-c2ccccc2)n1)CC(C)(C)O. The normalized spacial score (nSPS) is 12.1. The second-order valence-corrected chi connectivity index (χ2v) is 5.49. The zero-order valence-corrected chi connectivity index (χ0v) is 11.6. The molecule has 0 aliphatic carbocycles.